The van der Waals surface area contributed by atoms with Crippen molar-refractivity contribution < 1.29 is 5.11 Å². The third-order valence-corrected chi connectivity index (χ3v) is 2.87. The zero-order valence-corrected chi connectivity index (χ0v) is 9.63. The van der Waals surface area contributed by atoms with Crippen molar-refractivity contribution in [3.8, 4) is 5.75 Å². The Morgan fingerprint density at radius 2 is 2.00 bits per heavy atom. The number of phenols is 1. The van der Waals surface area contributed by atoms with Gasteiger partial charge in [-0.2, -0.15) is 0 Å². The number of hydrogen-bond acceptors (Lipinski definition) is 2. The van der Waals surface area contributed by atoms with E-state index in [1.165, 1.54) is 6.07 Å². The minimum atomic E-state index is -0.0501. The van der Waals surface area contributed by atoms with Gasteiger partial charge in [0, 0.05) is 24.4 Å². The van der Waals surface area contributed by atoms with Crippen LogP contribution in [0.1, 0.15) is 11.3 Å². The van der Waals surface area contributed by atoms with Gasteiger partial charge in [-0.05, 0) is 23.8 Å². The minimum absolute atomic E-state index is 0.0501. The van der Waals surface area contributed by atoms with E-state index in [0.29, 0.717) is 6.42 Å². The lowest BCUT2D eigenvalue weighted by Crippen LogP contribution is -2.08. The zero-order chi connectivity index (χ0) is 12.5. The zero-order valence-electron chi connectivity index (χ0n) is 9.63. The van der Waals surface area contributed by atoms with Gasteiger partial charge in [0.05, 0.1) is 0 Å². The van der Waals surface area contributed by atoms with E-state index in [1.54, 1.807) is 34.9 Å². The number of fused-ring (bicyclic) bond motifs is 1. The number of H-pyrrole nitrogens is 1. The average Bonchev–Trinajstić information content (AvgIpc) is 2.73. The molecule has 2 N–H and O–H groups in total. The van der Waals surface area contributed by atoms with Crippen molar-refractivity contribution in [2.24, 2.45) is 0 Å². The van der Waals surface area contributed by atoms with Crippen molar-refractivity contribution in [3.05, 3.63) is 70.3 Å². The van der Waals surface area contributed by atoms with Crippen LogP contribution in [0.4, 0.5) is 0 Å². The quantitative estimate of drug-likeness (QED) is 0.719. The van der Waals surface area contributed by atoms with E-state index in [2.05, 4.69) is 4.98 Å². The fourth-order valence-corrected chi connectivity index (χ4v) is 2.06. The number of imidazole rings is 1. The number of aromatic nitrogens is 2. The second-order valence-electron chi connectivity index (χ2n) is 4.25. The molecule has 0 radical (unpaired) electrons. The maximum absolute atomic E-state index is 11.6. The maximum atomic E-state index is 11.6. The molecule has 1 aromatic carbocycles. The van der Waals surface area contributed by atoms with Crippen LogP contribution in [0, 0.1) is 0 Å². The van der Waals surface area contributed by atoms with E-state index in [9.17, 15) is 9.90 Å². The van der Waals surface area contributed by atoms with Crippen molar-refractivity contribution >= 4 is 5.65 Å². The lowest BCUT2D eigenvalue weighted by atomic mass is 10.1. The van der Waals surface area contributed by atoms with Gasteiger partial charge < -0.3 is 10.1 Å². The molecule has 90 valence electrons. The van der Waals surface area contributed by atoms with Crippen molar-refractivity contribution in [2.45, 2.75) is 6.42 Å². The summed E-state index contributed by atoms with van der Waals surface area (Å²) in [5, 5.41) is 9.41. The van der Waals surface area contributed by atoms with Gasteiger partial charge in [-0.3, -0.25) is 9.20 Å². The third-order valence-electron chi connectivity index (χ3n) is 2.87. The molecule has 0 atom stereocenters. The fourth-order valence-electron chi connectivity index (χ4n) is 2.06. The highest BCUT2D eigenvalue weighted by molar-refractivity contribution is 5.40. The molecule has 2 aromatic heterocycles. The fraction of sp³-hybridized carbons (Fsp3) is 0.0714. The molecule has 3 aromatic rings. The molecule has 2 heterocycles. The molecule has 4 heteroatoms. The average molecular weight is 240 g/mol. The number of phenolic OH excluding ortho intramolecular Hbond substituents is 1. The Morgan fingerprint density at radius 3 is 2.78 bits per heavy atom. The standard InChI is InChI=1S/C14H12N2O2/c17-12-4-1-3-10(8-12)7-11-9-16-13(15-11)5-2-6-14(16)18/h1-6,8-9,15,17H,7H2. The summed E-state index contributed by atoms with van der Waals surface area (Å²) in [6.45, 7) is 0. The normalized spacial score (nSPS) is 10.9. The second kappa shape index (κ2) is 4.07. The molecule has 0 saturated heterocycles. The predicted octanol–water partition coefficient (Wildman–Crippen LogP) is 1.92. The number of hydrogen-bond donors (Lipinski definition) is 2. The number of nitrogens with zero attached hydrogens (tertiary/aromatic N) is 1. The Morgan fingerprint density at radius 1 is 1.17 bits per heavy atom. The first kappa shape index (κ1) is 10.7. The van der Waals surface area contributed by atoms with Gasteiger partial charge in [-0.15, -0.1) is 0 Å². The third kappa shape index (κ3) is 1.88. The van der Waals surface area contributed by atoms with Gasteiger partial charge in [-0.1, -0.05) is 18.2 Å². The number of pyridine rings is 1. The molecule has 3 rings (SSSR count). The highest BCUT2D eigenvalue weighted by Gasteiger charge is 2.03. The summed E-state index contributed by atoms with van der Waals surface area (Å²) >= 11 is 0. The van der Waals surface area contributed by atoms with Gasteiger partial charge >= 0.3 is 0 Å². The van der Waals surface area contributed by atoms with Gasteiger partial charge in [0.2, 0.25) is 0 Å². The van der Waals surface area contributed by atoms with E-state index in [-0.39, 0.29) is 11.3 Å². The molecule has 0 amide bonds. The molecule has 0 aliphatic carbocycles. The second-order valence-corrected chi connectivity index (χ2v) is 4.25. The van der Waals surface area contributed by atoms with Crippen LogP contribution in [0.5, 0.6) is 5.75 Å². The van der Waals surface area contributed by atoms with Gasteiger partial charge in [0.1, 0.15) is 11.4 Å². The Labute approximate surface area is 103 Å². The van der Waals surface area contributed by atoms with Crippen LogP contribution in [-0.2, 0) is 6.42 Å². The van der Waals surface area contributed by atoms with Crippen molar-refractivity contribution in [1.82, 2.24) is 9.38 Å². The van der Waals surface area contributed by atoms with Crippen LogP contribution in [-0.4, -0.2) is 14.5 Å². The molecule has 0 spiro atoms. The summed E-state index contributed by atoms with van der Waals surface area (Å²) < 4.78 is 1.58. The Hall–Kier alpha value is -2.49. The number of benzene rings is 1. The van der Waals surface area contributed by atoms with E-state index < -0.39 is 0 Å². The van der Waals surface area contributed by atoms with Gasteiger partial charge in [0.15, 0.2) is 0 Å². The molecule has 0 fully saturated rings. The highest BCUT2D eigenvalue weighted by Crippen LogP contribution is 2.14. The molecular weight excluding hydrogens is 228 g/mol. The van der Waals surface area contributed by atoms with Crippen molar-refractivity contribution in [3.63, 3.8) is 0 Å². The first-order valence-corrected chi connectivity index (χ1v) is 5.69. The predicted molar refractivity (Wildman–Crippen MR) is 68.9 cm³/mol. The van der Waals surface area contributed by atoms with E-state index in [4.69, 9.17) is 0 Å². The summed E-state index contributed by atoms with van der Waals surface area (Å²) in [5.74, 6) is 0.251. The van der Waals surface area contributed by atoms with Crippen molar-refractivity contribution in [2.75, 3.05) is 0 Å². The molecule has 0 aliphatic heterocycles. The SMILES string of the molecule is O=c1cccc2[nH]c(Cc3cccc(O)c3)cn12. The summed E-state index contributed by atoms with van der Waals surface area (Å²) in [6, 6.07) is 12.2. The van der Waals surface area contributed by atoms with E-state index >= 15 is 0 Å². The summed E-state index contributed by atoms with van der Waals surface area (Å²) in [5.41, 5.74) is 2.65. The van der Waals surface area contributed by atoms with Crippen LogP contribution in [0.15, 0.2) is 53.5 Å². The number of aromatic amines is 1. The summed E-state index contributed by atoms with van der Waals surface area (Å²) in [7, 11) is 0. The largest absolute Gasteiger partial charge is 0.508 e. The Kier molecular flexibility index (Phi) is 2.41. The minimum Gasteiger partial charge on any atom is -0.508 e. The van der Waals surface area contributed by atoms with Crippen molar-refractivity contribution in [1.29, 1.82) is 0 Å². The highest BCUT2D eigenvalue weighted by atomic mass is 16.3. The lowest BCUT2D eigenvalue weighted by Gasteiger charge is -1.99. The molecule has 0 unspecified atom stereocenters. The topological polar surface area (TPSA) is 57.5 Å². The van der Waals surface area contributed by atoms with Crippen LogP contribution >= 0.6 is 0 Å². The smallest absolute Gasteiger partial charge is 0.256 e. The summed E-state index contributed by atoms with van der Waals surface area (Å²) in [4.78, 5) is 14.8. The van der Waals surface area contributed by atoms with Gasteiger partial charge in [-0.25, -0.2) is 0 Å². The van der Waals surface area contributed by atoms with Crippen LogP contribution < -0.4 is 5.56 Å². The van der Waals surface area contributed by atoms with Crippen LogP contribution in [0.3, 0.4) is 0 Å². The molecular formula is C14H12N2O2. The maximum Gasteiger partial charge on any atom is 0.256 e. The molecule has 0 aliphatic rings. The monoisotopic (exact) mass is 240 g/mol. The van der Waals surface area contributed by atoms with E-state index in [0.717, 1.165) is 16.9 Å². The van der Waals surface area contributed by atoms with Crippen LogP contribution in [0.25, 0.3) is 5.65 Å². The Balaban J connectivity index is 2.01. The van der Waals surface area contributed by atoms with Crippen LogP contribution in [0.2, 0.25) is 0 Å². The number of aromatic hydroxyl groups is 1. The summed E-state index contributed by atoms with van der Waals surface area (Å²) in [6.07, 6.45) is 2.44. The number of rotatable bonds is 2. The Bertz CT molecular complexity index is 756. The van der Waals surface area contributed by atoms with E-state index in [1.807, 2.05) is 12.1 Å². The molecule has 0 saturated carbocycles. The van der Waals surface area contributed by atoms with Gasteiger partial charge in [0.25, 0.3) is 5.56 Å². The molecule has 0 bridgehead atoms. The lowest BCUT2D eigenvalue weighted by molar-refractivity contribution is 0.474. The number of nitrogens with one attached hydrogen (secondary N) is 1. The first-order valence-electron chi connectivity index (χ1n) is 5.69. The molecule has 4 nitrogen and oxygen atoms in total. The first-order chi connectivity index (χ1) is 8.72. The molecule has 18 heavy (non-hydrogen) atoms.